The summed E-state index contributed by atoms with van der Waals surface area (Å²) in [5.41, 5.74) is 0. The Morgan fingerprint density at radius 3 is 2.86 bits per heavy atom. The lowest BCUT2D eigenvalue weighted by atomic mass is 9.94. The average Bonchev–Trinajstić information content (AvgIpc) is 2.74. The zero-order valence-corrected chi connectivity index (χ0v) is 9.42. The molecular weight excluding hydrogens is 176 g/mol. The van der Waals surface area contributed by atoms with Crippen LogP contribution in [0.2, 0.25) is 0 Å². The third kappa shape index (κ3) is 2.29. The molecule has 82 valence electrons. The number of hydrogen-bond acceptors (Lipinski definition) is 2. The third-order valence-corrected chi connectivity index (χ3v) is 3.40. The quantitative estimate of drug-likeness (QED) is 0.694. The van der Waals surface area contributed by atoms with Gasteiger partial charge in [0.1, 0.15) is 0 Å². The molecule has 0 N–H and O–H groups in total. The first-order valence-electron chi connectivity index (χ1n) is 5.98. The maximum absolute atomic E-state index is 5.82. The van der Waals surface area contributed by atoms with Crippen LogP contribution in [0.1, 0.15) is 46.0 Å². The number of rotatable bonds is 3. The van der Waals surface area contributed by atoms with E-state index in [1.807, 2.05) is 0 Å². The zero-order chi connectivity index (χ0) is 10.0. The summed E-state index contributed by atoms with van der Waals surface area (Å²) in [6.07, 6.45) is 6.06. The summed E-state index contributed by atoms with van der Waals surface area (Å²) in [6.45, 7) is 6.40. The van der Waals surface area contributed by atoms with Gasteiger partial charge in [0.25, 0.3) is 0 Å². The van der Waals surface area contributed by atoms with Gasteiger partial charge in [0.05, 0.1) is 13.2 Å². The van der Waals surface area contributed by atoms with Crippen molar-refractivity contribution in [2.24, 2.45) is 11.8 Å². The minimum atomic E-state index is -0.151. The van der Waals surface area contributed by atoms with E-state index in [1.165, 1.54) is 19.3 Å². The van der Waals surface area contributed by atoms with Crippen LogP contribution >= 0.6 is 0 Å². The minimum absolute atomic E-state index is 0.151. The first kappa shape index (κ1) is 10.4. The van der Waals surface area contributed by atoms with E-state index in [4.69, 9.17) is 9.47 Å². The highest BCUT2D eigenvalue weighted by Crippen LogP contribution is 2.40. The Labute approximate surface area is 87.0 Å². The van der Waals surface area contributed by atoms with E-state index in [0.29, 0.717) is 0 Å². The standard InChI is InChI=1S/C12H22O2/c1-10(2)4-5-11-8-12(14-9-11)6-3-7-13-12/h10-11H,3-9H2,1-2H3. The van der Waals surface area contributed by atoms with E-state index in [1.54, 1.807) is 0 Å². The monoisotopic (exact) mass is 198 g/mol. The van der Waals surface area contributed by atoms with Crippen molar-refractivity contribution in [2.75, 3.05) is 13.2 Å². The minimum Gasteiger partial charge on any atom is -0.350 e. The molecule has 0 aromatic rings. The van der Waals surface area contributed by atoms with Gasteiger partial charge in [-0.1, -0.05) is 20.3 Å². The second kappa shape index (κ2) is 4.19. The third-order valence-electron chi connectivity index (χ3n) is 3.40. The highest BCUT2D eigenvalue weighted by molar-refractivity contribution is 4.84. The van der Waals surface area contributed by atoms with Crippen LogP contribution < -0.4 is 0 Å². The van der Waals surface area contributed by atoms with Crippen molar-refractivity contribution in [1.29, 1.82) is 0 Å². The maximum atomic E-state index is 5.82. The van der Waals surface area contributed by atoms with Crippen molar-refractivity contribution in [3.63, 3.8) is 0 Å². The molecule has 2 aliphatic rings. The Morgan fingerprint density at radius 1 is 1.36 bits per heavy atom. The molecule has 2 heteroatoms. The highest BCUT2D eigenvalue weighted by Gasteiger charge is 2.43. The molecule has 2 atom stereocenters. The molecule has 2 saturated heterocycles. The highest BCUT2D eigenvalue weighted by atomic mass is 16.7. The fourth-order valence-corrected chi connectivity index (χ4v) is 2.53. The van der Waals surface area contributed by atoms with Crippen LogP contribution in [0.15, 0.2) is 0 Å². The van der Waals surface area contributed by atoms with Crippen LogP contribution in [0.3, 0.4) is 0 Å². The van der Waals surface area contributed by atoms with Crippen LogP contribution in [-0.2, 0) is 9.47 Å². The van der Waals surface area contributed by atoms with Crippen molar-refractivity contribution < 1.29 is 9.47 Å². The lowest BCUT2D eigenvalue weighted by Crippen LogP contribution is -2.25. The first-order chi connectivity index (χ1) is 6.70. The Kier molecular flexibility index (Phi) is 3.13. The predicted molar refractivity (Wildman–Crippen MR) is 56.0 cm³/mol. The summed E-state index contributed by atoms with van der Waals surface area (Å²) >= 11 is 0. The summed E-state index contributed by atoms with van der Waals surface area (Å²) in [4.78, 5) is 0. The largest absolute Gasteiger partial charge is 0.350 e. The van der Waals surface area contributed by atoms with E-state index in [-0.39, 0.29) is 5.79 Å². The Balaban J connectivity index is 1.76. The smallest absolute Gasteiger partial charge is 0.168 e. The molecule has 0 saturated carbocycles. The Hall–Kier alpha value is -0.0800. The van der Waals surface area contributed by atoms with E-state index in [2.05, 4.69) is 13.8 Å². The van der Waals surface area contributed by atoms with Crippen LogP contribution in [0.25, 0.3) is 0 Å². The molecule has 0 amide bonds. The molecule has 2 fully saturated rings. The van der Waals surface area contributed by atoms with E-state index >= 15 is 0 Å². The molecule has 2 heterocycles. The topological polar surface area (TPSA) is 18.5 Å². The van der Waals surface area contributed by atoms with Crippen LogP contribution in [0.5, 0.6) is 0 Å². The van der Waals surface area contributed by atoms with Gasteiger partial charge in [0.15, 0.2) is 5.79 Å². The summed E-state index contributed by atoms with van der Waals surface area (Å²) in [5.74, 6) is 1.41. The predicted octanol–water partition coefficient (Wildman–Crippen LogP) is 2.97. The van der Waals surface area contributed by atoms with Crippen molar-refractivity contribution in [3.05, 3.63) is 0 Å². The van der Waals surface area contributed by atoms with Gasteiger partial charge in [-0.05, 0) is 24.7 Å². The number of ether oxygens (including phenoxy) is 2. The van der Waals surface area contributed by atoms with Gasteiger partial charge < -0.3 is 9.47 Å². The molecule has 2 rings (SSSR count). The van der Waals surface area contributed by atoms with Gasteiger partial charge in [-0.25, -0.2) is 0 Å². The molecule has 14 heavy (non-hydrogen) atoms. The van der Waals surface area contributed by atoms with Crippen molar-refractivity contribution in [3.8, 4) is 0 Å². The lowest BCUT2D eigenvalue weighted by molar-refractivity contribution is -0.178. The van der Waals surface area contributed by atoms with Gasteiger partial charge in [0, 0.05) is 12.8 Å². The summed E-state index contributed by atoms with van der Waals surface area (Å²) < 4.78 is 11.5. The second-order valence-electron chi connectivity index (χ2n) is 5.22. The SMILES string of the molecule is CC(C)CCC1COC2(CCCO2)C1. The van der Waals surface area contributed by atoms with E-state index in [9.17, 15) is 0 Å². The van der Waals surface area contributed by atoms with Crippen LogP contribution in [0, 0.1) is 11.8 Å². The van der Waals surface area contributed by atoms with E-state index < -0.39 is 0 Å². The molecule has 0 radical (unpaired) electrons. The second-order valence-corrected chi connectivity index (χ2v) is 5.22. The molecule has 0 bridgehead atoms. The molecular formula is C12H22O2. The zero-order valence-electron chi connectivity index (χ0n) is 9.42. The van der Waals surface area contributed by atoms with Gasteiger partial charge >= 0.3 is 0 Å². The summed E-state index contributed by atoms with van der Waals surface area (Å²) in [6, 6.07) is 0. The summed E-state index contributed by atoms with van der Waals surface area (Å²) in [5, 5.41) is 0. The van der Waals surface area contributed by atoms with Gasteiger partial charge in [0.2, 0.25) is 0 Å². The molecule has 1 spiro atoms. The molecule has 0 aromatic heterocycles. The first-order valence-corrected chi connectivity index (χ1v) is 5.98. The van der Waals surface area contributed by atoms with Crippen molar-refractivity contribution >= 4 is 0 Å². The average molecular weight is 198 g/mol. The van der Waals surface area contributed by atoms with Gasteiger partial charge in [-0.2, -0.15) is 0 Å². The molecule has 2 aliphatic heterocycles. The van der Waals surface area contributed by atoms with E-state index in [0.717, 1.165) is 37.9 Å². The van der Waals surface area contributed by atoms with Crippen LogP contribution in [-0.4, -0.2) is 19.0 Å². The Morgan fingerprint density at radius 2 is 2.21 bits per heavy atom. The Bertz CT molecular complexity index is 183. The molecule has 0 aromatic carbocycles. The lowest BCUT2D eigenvalue weighted by Gasteiger charge is -2.21. The fraction of sp³-hybridized carbons (Fsp3) is 1.00. The van der Waals surface area contributed by atoms with Crippen molar-refractivity contribution in [2.45, 2.75) is 51.7 Å². The number of hydrogen-bond donors (Lipinski definition) is 0. The summed E-state index contributed by atoms with van der Waals surface area (Å²) in [7, 11) is 0. The van der Waals surface area contributed by atoms with Crippen LogP contribution in [0.4, 0.5) is 0 Å². The van der Waals surface area contributed by atoms with Gasteiger partial charge in [-0.3, -0.25) is 0 Å². The fourth-order valence-electron chi connectivity index (χ4n) is 2.53. The van der Waals surface area contributed by atoms with Crippen molar-refractivity contribution in [1.82, 2.24) is 0 Å². The maximum Gasteiger partial charge on any atom is 0.168 e. The normalized spacial score (nSPS) is 37.5. The van der Waals surface area contributed by atoms with Gasteiger partial charge in [-0.15, -0.1) is 0 Å². The molecule has 0 aliphatic carbocycles. The molecule has 2 unspecified atom stereocenters. The molecule has 2 nitrogen and oxygen atoms in total.